The standard InChI is InChI=1S/C38H14N8/c1-45-33-11-27(21-43)9-31(13-33)37-15-35(29-5-23(17-39)3-24(6-29)18-40)36(30-7-25(19-41)4-26(8-30)20-42)16-38(37)32-10-28(22-44)12-34(14-32)46-2/h3-16H. The molecule has 0 aliphatic rings. The quantitative estimate of drug-likeness (QED) is 0.193. The average Bonchev–Trinajstić information content (AvgIpc) is 3.12. The molecule has 5 aromatic rings. The maximum Gasteiger partial charge on any atom is 0.189 e. The molecule has 0 saturated heterocycles. The van der Waals surface area contributed by atoms with E-state index >= 15 is 0 Å². The first-order valence-electron chi connectivity index (χ1n) is 13.3. The Bertz CT molecular complexity index is 1990. The molecule has 5 aromatic carbocycles. The number of rotatable bonds is 4. The number of hydrogen-bond acceptors (Lipinski definition) is 6. The van der Waals surface area contributed by atoms with Gasteiger partial charge in [-0.3, -0.25) is 0 Å². The molecule has 46 heavy (non-hydrogen) atoms. The summed E-state index contributed by atoms with van der Waals surface area (Å²) in [4.78, 5) is 7.07. The van der Waals surface area contributed by atoms with Gasteiger partial charge in [0, 0.05) is 11.1 Å². The maximum absolute atomic E-state index is 9.76. The smallest absolute Gasteiger partial charge is 0.189 e. The van der Waals surface area contributed by atoms with Gasteiger partial charge in [0.15, 0.2) is 11.4 Å². The zero-order valence-corrected chi connectivity index (χ0v) is 23.7. The highest BCUT2D eigenvalue weighted by atomic mass is 14.6. The second-order valence-corrected chi connectivity index (χ2v) is 9.97. The normalized spacial score (nSPS) is 9.57. The Labute approximate surface area is 264 Å². The van der Waals surface area contributed by atoms with Crippen LogP contribution in [0.25, 0.3) is 54.2 Å². The predicted octanol–water partition coefficient (Wildman–Crippen LogP) is 8.69. The highest BCUT2D eigenvalue weighted by Gasteiger charge is 2.19. The van der Waals surface area contributed by atoms with Gasteiger partial charge in [-0.15, -0.1) is 0 Å². The summed E-state index contributed by atoms with van der Waals surface area (Å²) in [7, 11) is 0. The van der Waals surface area contributed by atoms with Crippen molar-refractivity contribution < 1.29 is 0 Å². The van der Waals surface area contributed by atoms with E-state index in [4.69, 9.17) is 13.1 Å². The van der Waals surface area contributed by atoms with Crippen LogP contribution < -0.4 is 0 Å². The molecule has 0 bridgehead atoms. The van der Waals surface area contributed by atoms with Crippen LogP contribution in [-0.4, -0.2) is 0 Å². The molecule has 0 saturated carbocycles. The fraction of sp³-hybridized carbons (Fsp3) is 0. The van der Waals surface area contributed by atoms with Gasteiger partial charge in [-0.05, 0) is 129 Å². The number of nitriles is 6. The molecule has 0 spiro atoms. The first-order valence-corrected chi connectivity index (χ1v) is 13.3. The molecule has 5 rings (SSSR count). The Kier molecular flexibility index (Phi) is 8.01. The van der Waals surface area contributed by atoms with Crippen molar-refractivity contribution in [2.24, 2.45) is 0 Å². The van der Waals surface area contributed by atoms with Crippen LogP contribution in [-0.2, 0) is 0 Å². The van der Waals surface area contributed by atoms with Crippen LogP contribution in [0.1, 0.15) is 33.4 Å². The number of nitrogens with zero attached hydrogens (tertiary/aromatic N) is 8. The minimum atomic E-state index is 0.219. The van der Waals surface area contributed by atoms with E-state index in [1.54, 1.807) is 60.7 Å². The van der Waals surface area contributed by atoms with Crippen molar-refractivity contribution in [2.75, 3.05) is 0 Å². The predicted molar refractivity (Wildman–Crippen MR) is 169 cm³/mol. The Morgan fingerprint density at radius 1 is 0.326 bits per heavy atom. The molecular weight excluding hydrogens is 568 g/mol. The van der Waals surface area contributed by atoms with Gasteiger partial charge in [0.25, 0.3) is 0 Å². The third-order valence-corrected chi connectivity index (χ3v) is 7.14. The fourth-order valence-electron chi connectivity index (χ4n) is 5.17. The zero-order valence-electron chi connectivity index (χ0n) is 23.7. The third-order valence-electron chi connectivity index (χ3n) is 7.14. The fourth-order valence-corrected chi connectivity index (χ4v) is 5.17. The SMILES string of the molecule is [C-]#[N+]c1cc(C#N)cc(-c2cc(-c3cc(C#N)cc(C#N)c3)c(-c3cc(C#N)cc(C#N)c3)cc2-c2cc(C#N)cc([N+]#[C-])c2)c1. The van der Waals surface area contributed by atoms with Gasteiger partial charge < -0.3 is 0 Å². The maximum atomic E-state index is 9.76. The summed E-state index contributed by atoms with van der Waals surface area (Å²) in [6, 6.07) is 34.9. The lowest BCUT2D eigenvalue weighted by atomic mass is 9.84. The van der Waals surface area contributed by atoms with E-state index in [9.17, 15) is 31.6 Å². The highest BCUT2D eigenvalue weighted by molar-refractivity contribution is 5.97. The molecule has 0 atom stereocenters. The van der Waals surface area contributed by atoms with Crippen molar-refractivity contribution in [3.8, 4) is 80.9 Å². The van der Waals surface area contributed by atoms with Gasteiger partial charge in [0.2, 0.25) is 0 Å². The summed E-state index contributed by atoms with van der Waals surface area (Å²) < 4.78 is 0. The number of hydrogen-bond donors (Lipinski definition) is 0. The average molecular weight is 583 g/mol. The van der Waals surface area contributed by atoms with E-state index in [1.807, 2.05) is 0 Å². The van der Waals surface area contributed by atoms with E-state index in [0.29, 0.717) is 44.5 Å². The largest absolute Gasteiger partial charge is 0.238 e. The van der Waals surface area contributed by atoms with E-state index in [-0.39, 0.29) is 44.8 Å². The molecule has 8 heteroatoms. The summed E-state index contributed by atoms with van der Waals surface area (Å²) in [5.74, 6) is 0. The molecule has 0 heterocycles. The Morgan fingerprint density at radius 3 is 0.804 bits per heavy atom. The van der Waals surface area contributed by atoms with E-state index in [0.717, 1.165) is 0 Å². The number of benzene rings is 5. The first kappa shape index (κ1) is 29.5. The van der Waals surface area contributed by atoms with Crippen LogP contribution in [0.15, 0.2) is 84.9 Å². The van der Waals surface area contributed by atoms with Crippen molar-refractivity contribution in [3.05, 3.63) is 141 Å². The molecule has 0 aliphatic heterocycles. The topological polar surface area (TPSA) is 151 Å². The molecule has 0 aliphatic carbocycles. The van der Waals surface area contributed by atoms with Crippen LogP contribution >= 0.6 is 0 Å². The molecule has 0 amide bonds. The van der Waals surface area contributed by atoms with Crippen LogP contribution in [0.2, 0.25) is 0 Å². The van der Waals surface area contributed by atoms with E-state index in [2.05, 4.69) is 46.1 Å². The lowest BCUT2D eigenvalue weighted by Crippen LogP contribution is -1.95. The molecule has 0 aromatic heterocycles. The highest BCUT2D eigenvalue weighted by Crippen LogP contribution is 2.44. The molecule has 206 valence electrons. The monoisotopic (exact) mass is 582 g/mol. The minimum Gasteiger partial charge on any atom is -0.238 e. The van der Waals surface area contributed by atoms with Crippen LogP contribution in [0, 0.1) is 81.1 Å². The second-order valence-electron chi connectivity index (χ2n) is 9.97. The van der Waals surface area contributed by atoms with E-state index in [1.165, 1.54) is 24.3 Å². The molecule has 0 N–H and O–H groups in total. The molecule has 0 unspecified atom stereocenters. The van der Waals surface area contributed by atoms with Crippen LogP contribution in [0.5, 0.6) is 0 Å². The lowest BCUT2D eigenvalue weighted by molar-refractivity contribution is 1.43. The van der Waals surface area contributed by atoms with Gasteiger partial charge in [-0.1, -0.05) is 0 Å². The van der Waals surface area contributed by atoms with Gasteiger partial charge in [-0.2, -0.15) is 31.6 Å². The van der Waals surface area contributed by atoms with Crippen LogP contribution in [0.4, 0.5) is 11.4 Å². The van der Waals surface area contributed by atoms with Gasteiger partial charge >= 0.3 is 0 Å². The van der Waals surface area contributed by atoms with Crippen molar-refractivity contribution >= 4 is 11.4 Å². The Hall–Kier alpha value is -7.98. The van der Waals surface area contributed by atoms with Gasteiger partial charge in [0.05, 0.1) is 71.8 Å². The second kappa shape index (κ2) is 12.5. The van der Waals surface area contributed by atoms with Gasteiger partial charge in [-0.25, -0.2) is 9.69 Å². The molecule has 0 radical (unpaired) electrons. The summed E-state index contributed by atoms with van der Waals surface area (Å²) in [5.41, 5.74) is 5.97. The van der Waals surface area contributed by atoms with Crippen molar-refractivity contribution in [2.45, 2.75) is 0 Å². The molecule has 0 fully saturated rings. The Morgan fingerprint density at radius 2 is 0.565 bits per heavy atom. The van der Waals surface area contributed by atoms with Crippen LogP contribution in [0.3, 0.4) is 0 Å². The van der Waals surface area contributed by atoms with Crippen molar-refractivity contribution in [3.63, 3.8) is 0 Å². The zero-order chi connectivity index (χ0) is 32.8. The summed E-state index contributed by atoms with van der Waals surface area (Å²) in [6.07, 6.45) is 0. The van der Waals surface area contributed by atoms with Crippen molar-refractivity contribution in [1.82, 2.24) is 0 Å². The van der Waals surface area contributed by atoms with E-state index < -0.39 is 0 Å². The third kappa shape index (κ3) is 5.70. The minimum absolute atomic E-state index is 0.219. The van der Waals surface area contributed by atoms with Gasteiger partial charge in [0.1, 0.15) is 0 Å². The lowest BCUT2D eigenvalue weighted by Gasteiger charge is -2.19. The summed E-state index contributed by atoms with van der Waals surface area (Å²) in [6.45, 7) is 15.2. The summed E-state index contributed by atoms with van der Waals surface area (Å²) >= 11 is 0. The Balaban J connectivity index is 2.02. The summed E-state index contributed by atoms with van der Waals surface area (Å²) in [5, 5.41) is 58.5. The molecular formula is C38H14N8. The first-order chi connectivity index (χ1) is 22.4. The van der Waals surface area contributed by atoms with Crippen molar-refractivity contribution in [1.29, 1.82) is 31.6 Å². The molecule has 8 nitrogen and oxygen atoms in total.